The van der Waals surface area contributed by atoms with Crippen LogP contribution in [0.2, 0.25) is 0 Å². The van der Waals surface area contributed by atoms with Crippen LogP contribution in [-0.4, -0.2) is 44.6 Å². The Kier molecular flexibility index (Phi) is 4.10. The van der Waals surface area contributed by atoms with Gasteiger partial charge >= 0.3 is 0 Å². The molecule has 1 aliphatic carbocycles. The summed E-state index contributed by atoms with van der Waals surface area (Å²) in [4.78, 5) is 14.6. The molecule has 1 aliphatic heterocycles. The van der Waals surface area contributed by atoms with E-state index < -0.39 is 10.0 Å². The maximum absolute atomic E-state index is 12.7. The highest BCUT2D eigenvalue weighted by Gasteiger charge is 2.42. The second kappa shape index (κ2) is 5.79. The zero-order chi connectivity index (χ0) is 16.8. The summed E-state index contributed by atoms with van der Waals surface area (Å²) in [6.45, 7) is 3.26. The number of anilines is 1. The molecule has 2 fully saturated rings. The van der Waals surface area contributed by atoms with Crippen LogP contribution in [-0.2, 0) is 10.0 Å². The molecular weight excluding hydrogens is 314 g/mol. The summed E-state index contributed by atoms with van der Waals surface area (Å²) in [6.07, 6.45) is 3.23. The van der Waals surface area contributed by atoms with Crippen molar-refractivity contribution in [3.63, 3.8) is 0 Å². The van der Waals surface area contributed by atoms with Gasteiger partial charge in [-0.2, -0.15) is 0 Å². The van der Waals surface area contributed by atoms with E-state index in [0.717, 1.165) is 31.2 Å². The zero-order valence-electron chi connectivity index (χ0n) is 13.5. The molecule has 1 saturated carbocycles. The number of benzene rings is 1. The number of hydrogen-bond donors (Lipinski definition) is 2. The van der Waals surface area contributed by atoms with E-state index in [1.165, 1.54) is 0 Å². The van der Waals surface area contributed by atoms with Crippen molar-refractivity contribution < 1.29 is 13.2 Å². The van der Waals surface area contributed by atoms with Crippen LogP contribution in [0.25, 0.3) is 0 Å². The molecule has 1 amide bonds. The third kappa shape index (κ3) is 3.35. The molecule has 2 aliphatic rings. The molecule has 0 bridgehead atoms. The molecule has 1 aromatic rings. The standard InChI is InChI=1S/C16H23N3O3S/c1-10-3-4-11(7-15(10)18-23(2,21)22)16(20)19-8-12-5-6-14(17)13(12)9-19/h3-4,7,12-14,18H,5-6,8-9,17H2,1-2H3. The first kappa shape index (κ1) is 16.3. The van der Waals surface area contributed by atoms with Gasteiger partial charge in [-0.25, -0.2) is 8.42 Å². The number of nitrogens with one attached hydrogen (secondary N) is 1. The van der Waals surface area contributed by atoms with Gasteiger partial charge in [0, 0.05) is 24.7 Å². The molecule has 3 atom stereocenters. The average Bonchev–Trinajstić information content (AvgIpc) is 3.02. The SMILES string of the molecule is Cc1ccc(C(=O)N2CC3CCC(N)C3C2)cc1NS(C)(=O)=O. The first-order chi connectivity index (χ1) is 10.7. The maximum Gasteiger partial charge on any atom is 0.253 e. The maximum atomic E-state index is 12.7. The average molecular weight is 337 g/mol. The molecule has 1 saturated heterocycles. The molecule has 1 heterocycles. The number of likely N-dealkylation sites (tertiary alicyclic amines) is 1. The predicted octanol–water partition coefficient (Wildman–Crippen LogP) is 1.18. The van der Waals surface area contributed by atoms with Crippen molar-refractivity contribution in [3.8, 4) is 0 Å². The summed E-state index contributed by atoms with van der Waals surface area (Å²) < 4.78 is 25.3. The molecular formula is C16H23N3O3S. The predicted molar refractivity (Wildman–Crippen MR) is 89.7 cm³/mol. The number of hydrogen-bond acceptors (Lipinski definition) is 4. The topological polar surface area (TPSA) is 92.5 Å². The molecule has 3 unspecified atom stereocenters. The van der Waals surface area contributed by atoms with Crippen LogP contribution in [0.15, 0.2) is 18.2 Å². The Bertz CT molecular complexity index is 732. The molecule has 23 heavy (non-hydrogen) atoms. The van der Waals surface area contributed by atoms with Crippen molar-refractivity contribution in [1.82, 2.24) is 4.90 Å². The fourth-order valence-corrected chi connectivity index (χ4v) is 4.34. The van der Waals surface area contributed by atoms with Crippen molar-refractivity contribution in [2.24, 2.45) is 17.6 Å². The van der Waals surface area contributed by atoms with Gasteiger partial charge in [-0.1, -0.05) is 6.07 Å². The lowest BCUT2D eigenvalue weighted by Gasteiger charge is -2.19. The van der Waals surface area contributed by atoms with Crippen molar-refractivity contribution in [1.29, 1.82) is 0 Å². The van der Waals surface area contributed by atoms with Gasteiger partial charge < -0.3 is 10.6 Å². The summed E-state index contributed by atoms with van der Waals surface area (Å²) in [7, 11) is -3.37. The van der Waals surface area contributed by atoms with Crippen LogP contribution in [0.5, 0.6) is 0 Å². The summed E-state index contributed by atoms with van der Waals surface area (Å²) in [6, 6.07) is 5.33. The van der Waals surface area contributed by atoms with Crippen LogP contribution in [0, 0.1) is 18.8 Å². The molecule has 0 radical (unpaired) electrons. The number of nitrogens with zero attached hydrogens (tertiary/aromatic N) is 1. The van der Waals surface area contributed by atoms with Crippen LogP contribution >= 0.6 is 0 Å². The Morgan fingerprint density at radius 3 is 2.70 bits per heavy atom. The van der Waals surface area contributed by atoms with Gasteiger partial charge in [0.1, 0.15) is 0 Å². The van der Waals surface area contributed by atoms with Gasteiger partial charge in [-0.15, -0.1) is 0 Å². The lowest BCUT2D eigenvalue weighted by atomic mass is 9.98. The zero-order valence-corrected chi connectivity index (χ0v) is 14.3. The number of amides is 1. The first-order valence-electron chi connectivity index (χ1n) is 7.88. The fourth-order valence-electron chi connectivity index (χ4n) is 3.72. The lowest BCUT2D eigenvalue weighted by molar-refractivity contribution is 0.0779. The second-order valence-corrected chi connectivity index (χ2v) is 8.53. The van der Waals surface area contributed by atoms with Crippen molar-refractivity contribution >= 4 is 21.6 Å². The van der Waals surface area contributed by atoms with E-state index in [4.69, 9.17) is 5.73 Å². The Morgan fingerprint density at radius 1 is 1.30 bits per heavy atom. The summed E-state index contributed by atoms with van der Waals surface area (Å²) in [5, 5.41) is 0. The normalized spacial score (nSPS) is 27.1. The van der Waals surface area contributed by atoms with Crippen LogP contribution in [0.3, 0.4) is 0 Å². The number of sulfonamides is 1. The van der Waals surface area contributed by atoms with E-state index in [1.807, 2.05) is 4.90 Å². The minimum Gasteiger partial charge on any atom is -0.338 e. The highest BCUT2D eigenvalue weighted by molar-refractivity contribution is 7.92. The summed E-state index contributed by atoms with van der Waals surface area (Å²) >= 11 is 0. The number of aryl methyl sites for hydroxylation is 1. The largest absolute Gasteiger partial charge is 0.338 e. The van der Waals surface area contributed by atoms with Gasteiger partial charge in [0.2, 0.25) is 10.0 Å². The van der Waals surface area contributed by atoms with Gasteiger partial charge in [0.05, 0.1) is 11.9 Å². The number of carbonyl (C=O) groups is 1. The second-order valence-electron chi connectivity index (χ2n) is 6.78. The Hall–Kier alpha value is -1.60. The van der Waals surface area contributed by atoms with E-state index in [1.54, 1.807) is 25.1 Å². The van der Waals surface area contributed by atoms with Gasteiger partial charge in [0.15, 0.2) is 0 Å². The van der Waals surface area contributed by atoms with E-state index in [9.17, 15) is 13.2 Å². The Morgan fingerprint density at radius 2 is 2.04 bits per heavy atom. The first-order valence-corrected chi connectivity index (χ1v) is 9.77. The Balaban J connectivity index is 1.79. The van der Waals surface area contributed by atoms with Crippen molar-refractivity contribution in [3.05, 3.63) is 29.3 Å². The molecule has 3 rings (SSSR count). The lowest BCUT2D eigenvalue weighted by Crippen LogP contribution is -2.33. The number of rotatable bonds is 3. The quantitative estimate of drug-likeness (QED) is 0.866. The number of fused-ring (bicyclic) bond motifs is 1. The summed E-state index contributed by atoms with van der Waals surface area (Å²) in [5.74, 6) is 0.856. The third-order valence-corrected chi connectivity index (χ3v) is 5.57. The Labute approximate surface area is 137 Å². The van der Waals surface area contributed by atoms with E-state index >= 15 is 0 Å². The molecule has 0 aromatic heterocycles. The molecule has 7 heteroatoms. The van der Waals surface area contributed by atoms with Crippen LogP contribution in [0.4, 0.5) is 5.69 Å². The minimum atomic E-state index is -3.37. The number of nitrogens with two attached hydrogens (primary N) is 1. The van der Waals surface area contributed by atoms with Crippen molar-refractivity contribution in [2.45, 2.75) is 25.8 Å². The van der Waals surface area contributed by atoms with Crippen LogP contribution < -0.4 is 10.5 Å². The number of carbonyl (C=O) groups excluding carboxylic acids is 1. The van der Waals surface area contributed by atoms with E-state index in [2.05, 4.69) is 4.72 Å². The van der Waals surface area contributed by atoms with Gasteiger partial charge in [-0.3, -0.25) is 9.52 Å². The van der Waals surface area contributed by atoms with Gasteiger partial charge in [-0.05, 0) is 49.3 Å². The monoisotopic (exact) mass is 337 g/mol. The van der Waals surface area contributed by atoms with E-state index in [0.29, 0.717) is 29.6 Å². The van der Waals surface area contributed by atoms with Gasteiger partial charge in [0.25, 0.3) is 5.91 Å². The fraction of sp³-hybridized carbons (Fsp3) is 0.562. The molecule has 1 aromatic carbocycles. The molecule has 0 spiro atoms. The highest BCUT2D eigenvalue weighted by Crippen LogP contribution is 2.37. The summed E-state index contributed by atoms with van der Waals surface area (Å²) in [5.41, 5.74) is 7.87. The smallest absolute Gasteiger partial charge is 0.253 e. The minimum absolute atomic E-state index is 0.0526. The molecule has 6 nitrogen and oxygen atoms in total. The molecule has 126 valence electrons. The highest BCUT2D eigenvalue weighted by atomic mass is 32.2. The van der Waals surface area contributed by atoms with Crippen molar-refractivity contribution in [2.75, 3.05) is 24.1 Å². The van der Waals surface area contributed by atoms with E-state index in [-0.39, 0.29) is 11.9 Å². The van der Waals surface area contributed by atoms with Crippen LogP contribution in [0.1, 0.15) is 28.8 Å². The molecule has 3 N–H and O–H groups in total. The third-order valence-electron chi connectivity index (χ3n) is 4.98.